The van der Waals surface area contributed by atoms with Gasteiger partial charge < -0.3 is 10.1 Å². The van der Waals surface area contributed by atoms with Crippen LogP contribution < -0.4 is 15.6 Å². The van der Waals surface area contributed by atoms with E-state index in [-0.39, 0.29) is 17.2 Å². The SMILES string of the molecule is CCn1c(SCC(=O)Nc2ccc(OC)cc2)nc2c(c1=O)SC(C)C2. The number of ether oxygens (including phenoxy) is 1. The summed E-state index contributed by atoms with van der Waals surface area (Å²) in [5, 5.41) is 3.82. The number of carbonyl (C=O) groups excluding carboxylic acids is 1. The first-order valence-electron chi connectivity index (χ1n) is 8.39. The number of nitrogens with one attached hydrogen (secondary N) is 1. The van der Waals surface area contributed by atoms with Crippen LogP contribution in [0.4, 0.5) is 5.69 Å². The molecule has 1 aromatic heterocycles. The van der Waals surface area contributed by atoms with Gasteiger partial charge in [0.05, 0.1) is 23.5 Å². The summed E-state index contributed by atoms with van der Waals surface area (Å²) in [5.74, 6) is 0.791. The van der Waals surface area contributed by atoms with E-state index in [1.165, 1.54) is 11.8 Å². The Morgan fingerprint density at radius 3 is 2.81 bits per heavy atom. The van der Waals surface area contributed by atoms with Gasteiger partial charge in [-0.25, -0.2) is 4.98 Å². The first-order valence-corrected chi connectivity index (χ1v) is 10.3. The third-order valence-corrected chi connectivity index (χ3v) is 6.18. The molecule has 1 unspecified atom stereocenters. The Morgan fingerprint density at radius 2 is 2.15 bits per heavy atom. The molecule has 1 aliphatic rings. The predicted molar refractivity (Wildman–Crippen MR) is 106 cm³/mol. The van der Waals surface area contributed by atoms with Crippen molar-refractivity contribution in [3.05, 3.63) is 40.3 Å². The fraction of sp³-hybridized carbons (Fsp3) is 0.389. The molecule has 1 atom stereocenters. The maximum Gasteiger partial charge on any atom is 0.268 e. The molecule has 0 radical (unpaired) electrons. The van der Waals surface area contributed by atoms with Crippen LogP contribution in [0.2, 0.25) is 0 Å². The van der Waals surface area contributed by atoms with Crippen molar-refractivity contribution in [2.45, 2.75) is 42.1 Å². The van der Waals surface area contributed by atoms with Crippen molar-refractivity contribution >= 4 is 35.1 Å². The fourth-order valence-corrected chi connectivity index (χ4v) is 4.72. The van der Waals surface area contributed by atoms with E-state index in [2.05, 4.69) is 17.2 Å². The van der Waals surface area contributed by atoms with Crippen molar-refractivity contribution in [3.63, 3.8) is 0 Å². The van der Waals surface area contributed by atoms with Crippen LogP contribution in [-0.4, -0.2) is 33.6 Å². The van der Waals surface area contributed by atoms with Crippen LogP contribution in [0.5, 0.6) is 5.75 Å². The second-order valence-corrected chi connectivity index (χ2v) is 8.31. The standard InChI is InChI=1S/C18H21N3O3S2/c1-4-21-17(23)16-14(9-11(2)26-16)20-18(21)25-10-15(22)19-12-5-7-13(24-3)8-6-12/h5-8,11H,4,9-10H2,1-3H3,(H,19,22). The van der Waals surface area contributed by atoms with E-state index in [0.29, 0.717) is 22.6 Å². The molecule has 0 fully saturated rings. The minimum Gasteiger partial charge on any atom is -0.497 e. The summed E-state index contributed by atoms with van der Waals surface area (Å²) >= 11 is 2.88. The van der Waals surface area contributed by atoms with Gasteiger partial charge in [0.15, 0.2) is 5.16 Å². The Morgan fingerprint density at radius 1 is 1.42 bits per heavy atom. The van der Waals surface area contributed by atoms with Crippen LogP contribution in [0.25, 0.3) is 0 Å². The van der Waals surface area contributed by atoms with Crippen molar-refractivity contribution in [2.24, 2.45) is 0 Å². The van der Waals surface area contributed by atoms with Gasteiger partial charge in [0, 0.05) is 23.9 Å². The number of aromatic nitrogens is 2. The highest BCUT2D eigenvalue weighted by molar-refractivity contribution is 8.00. The molecular weight excluding hydrogens is 370 g/mol. The number of rotatable bonds is 6. The quantitative estimate of drug-likeness (QED) is 0.603. The third-order valence-electron chi connectivity index (χ3n) is 3.99. The number of amides is 1. The van der Waals surface area contributed by atoms with Gasteiger partial charge in [0.25, 0.3) is 5.56 Å². The highest BCUT2D eigenvalue weighted by Gasteiger charge is 2.26. The average Bonchev–Trinajstić information content (AvgIpc) is 3.01. The molecule has 0 bridgehead atoms. The first-order chi connectivity index (χ1) is 12.5. The molecule has 26 heavy (non-hydrogen) atoms. The summed E-state index contributed by atoms with van der Waals surface area (Å²) in [6.07, 6.45) is 0.797. The number of thioether (sulfide) groups is 2. The molecule has 0 aliphatic carbocycles. The second-order valence-electron chi connectivity index (χ2n) is 5.92. The molecule has 6 nitrogen and oxygen atoms in total. The summed E-state index contributed by atoms with van der Waals surface area (Å²) in [6, 6.07) is 7.15. The average molecular weight is 392 g/mol. The van der Waals surface area contributed by atoms with Crippen LogP contribution in [0.3, 0.4) is 0 Å². The minimum atomic E-state index is -0.139. The van der Waals surface area contributed by atoms with E-state index in [9.17, 15) is 9.59 Å². The molecule has 1 N–H and O–H groups in total. The maximum absolute atomic E-state index is 12.6. The van der Waals surface area contributed by atoms with E-state index >= 15 is 0 Å². The number of anilines is 1. The van der Waals surface area contributed by atoms with Crippen LogP contribution in [-0.2, 0) is 17.8 Å². The summed E-state index contributed by atoms with van der Waals surface area (Å²) in [4.78, 5) is 30.3. The van der Waals surface area contributed by atoms with Crippen molar-refractivity contribution in [1.82, 2.24) is 9.55 Å². The molecule has 0 spiro atoms. The molecule has 1 amide bonds. The Bertz CT molecular complexity index is 865. The monoisotopic (exact) mass is 391 g/mol. The van der Waals surface area contributed by atoms with Crippen molar-refractivity contribution in [2.75, 3.05) is 18.2 Å². The predicted octanol–water partition coefficient (Wildman–Crippen LogP) is 3.04. The number of nitrogens with zero attached hydrogens (tertiary/aromatic N) is 2. The summed E-state index contributed by atoms with van der Waals surface area (Å²) in [5.41, 5.74) is 1.57. The molecule has 2 aromatic rings. The third kappa shape index (κ3) is 4.07. The number of hydrogen-bond acceptors (Lipinski definition) is 6. The molecule has 1 aromatic carbocycles. The molecule has 1 aliphatic heterocycles. The summed E-state index contributed by atoms with van der Waals surface area (Å²) in [7, 11) is 1.60. The highest BCUT2D eigenvalue weighted by Crippen LogP contribution is 2.34. The van der Waals surface area contributed by atoms with Gasteiger partial charge in [0.2, 0.25) is 5.91 Å². The normalized spacial score (nSPS) is 15.6. The van der Waals surface area contributed by atoms with Crippen LogP contribution >= 0.6 is 23.5 Å². The van der Waals surface area contributed by atoms with Crippen molar-refractivity contribution < 1.29 is 9.53 Å². The number of methoxy groups -OCH3 is 1. The molecule has 2 heterocycles. The van der Waals surface area contributed by atoms with Crippen LogP contribution in [0, 0.1) is 0 Å². The largest absolute Gasteiger partial charge is 0.497 e. The van der Waals surface area contributed by atoms with Gasteiger partial charge in [-0.3, -0.25) is 14.2 Å². The molecule has 138 valence electrons. The first kappa shape index (κ1) is 18.8. The van der Waals surface area contributed by atoms with Gasteiger partial charge >= 0.3 is 0 Å². The Hall–Kier alpha value is -1.93. The highest BCUT2D eigenvalue weighted by atomic mass is 32.2. The zero-order chi connectivity index (χ0) is 18.7. The Balaban J connectivity index is 1.69. The summed E-state index contributed by atoms with van der Waals surface area (Å²) < 4.78 is 6.75. The summed E-state index contributed by atoms with van der Waals surface area (Å²) in [6.45, 7) is 4.55. The zero-order valence-electron chi connectivity index (χ0n) is 14.9. The lowest BCUT2D eigenvalue weighted by atomic mass is 10.2. The molecule has 3 rings (SSSR count). The fourth-order valence-electron chi connectivity index (χ4n) is 2.72. The van der Waals surface area contributed by atoms with Gasteiger partial charge in [-0.1, -0.05) is 18.7 Å². The van der Waals surface area contributed by atoms with Gasteiger partial charge in [0.1, 0.15) is 5.75 Å². The lowest BCUT2D eigenvalue weighted by molar-refractivity contribution is -0.113. The van der Waals surface area contributed by atoms with Gasteiger partial charge in [-0.15, -0.1) is 11.8 Å². The van der Waals surface area contributed by atoms with E-state index in [1.54, 1.807) is 47.7 Å². The van der Waals surface area contributed by atoms with E-state index in [1.807, 2.05) is 6.92 Å². The zero-order valence-corrected chi connectivity index (χ0v) is 16.6. The lowest BCUT2D eigenvalue weighted by Crippen LogP contribution is -2.25. The molecule has 8 heteroatoms. The van der Waals surface area contributed by atoms with Crippen molar-refractivity contribution in [3.8, 4) is 5.75 Å². The number of hydrogen-bond donors (Lipinski definition) is 1. The maximum atomic E-state index is 12.6. The Labute approximate surface area is 160 Å². The van der Waals surface area contributed by atoms with Crippen molar-refractivity contribution in [1.29, 1.82) is 0 Å². The minimum absolute atomic E-state index is 0.00455. The van der Waals surface area contributed by atoms with E-state index < -0.39 is 0 Å². The van der Waals surface area contributed by atoms with E-state index in [0.717, 1.165) is 22.8 Å². The Kier molecular flexibility index (Phi) is 5.93. The number of carbonyl (C=O) groups is 1. The van der Waals surface area contributed by atoms with Crippen LogP contribution in [0.15, 0.2) is 39.1 Å². The molecule has 0 saturated carbocycles. The van der Waals surface area contributed by atoms with E-state index in [4.69, 9.17) is 4.74 Å². The molecule has 0 saturated heterocycles. The molecular formula is C18H21N3O3S2. The second kappa shape index (κ2) is 8.18. The van der Waals surface area contributed by atoms with Gasteiger partial charge in [-0.2, -0.15) is 0 Å². The number of fused-ring (bicyclic) bond motifs is 1. The smallest absolute Gasteiger partial charge is 0.268 e. The lowest BCUT2D eigenvalue weighted by Gasteiger charge is -2.11. The van der Waals surface area contributed by atoms with Gasteiger partial charge in [-0.05, 0) is 31.2 Å². The number of benzene rings is 1. The topological polar surface area (TPSA) is 73.2 Å². The van der Waals surface area contributed by atoms with Crippen LogP contribution in [0.1, 0.15) is 19.5 Å².